The SMILES string of the molecule is CCOC(=O)CCCNC(=O)c1cn(CCN)cn1. The Kier molecular flexibility index (Phi) is 6.59. The first kappa shape index (κ1) is 15.2. The predicted molar refractivity (Wildman–Crippen MR) is 69.5 cm³/mol. The lowest BCUT2D eigenvalue weighted by Crippen LogP contribution is -2.25. The van der Waals surface area contributed by atoms with Gasteiger partial charge in [0.15, 0.2) is 0 Å². The normalized spacial score (nSPS) is 10.2. The number of amides is 1. The Morgan fingerprint density at radius 3 is 3.00 bits per heavy atom. The zero-order valence-corrected chi connectivity index (χ0v) is 11.1. The molecule has 0 unspecified atom stereocenters. The van der Waals surface area contributed by atoms with E-state index in [1.165, 1.54) is 0 Å². The molecule has 106 valence electrons. The summed E-state index contributed by atoms with van der Waals surface area (Å²) in [4.78, 5) is 26.8. The maximum Gasteiger partial charge on any atom is 0.305 e. The Balaban J connectivity index is 2.25. The van der Waals surface area contributed by atoms with Crippen molar-refractivity contribution in [3.05, 3.63) is 18.2 Å². The number of rotatable bonds is 8. The highest BCUT2D eigenvalue weighted by Gasteiger charge is 2.09. The van der Waals surface area contributed by atoms with Gasteiger partial charge in [0.25, 0.3) is 5.91 Å². The molecule has 0 aliphatic heterocycles. The first-order valence-electron chi connectivity index (χ1n) is 6.33. The van der Waals surface area contributed by atoms with Crippen molar-refractivity contribution >= 4 is 11.9 Å². The molecule has 0 saturated carbocycles. The third kappa shape index (κ3) is 5.52. The van der Waals surface area contributed by atoms with Crippen molar-refractivity contribution in [1.82, 2.24) is 14.9 Å². The van der Waals surface area contributed by atoms with Crippen LogP contribution in [0.15, 0.2) is 12.5 Å². The van der Waals surface area contributed by atoms with Gasteiger partial charge >= 0.3 is 5.97 Å². The van der Waals surface area contributed by atoms with Gasteiger partial charge in [-0.1, -0.05) is 0 Å². The molecule has 1 aromatic rings. The number of nitrogens with one attached hydrogen (secondary N) is 1. The second kappa shape index (κ2) is 8.25. The number of nitrogens with two attached hydrogens (primary N) is 1. The van der Waals surface area contributed by atoms with Gasteiger partial charge < -0.3 is 20.4 Å². The quantitative estimate of drug-likeness (QED) is 0.507. The molecule has 1 amide bonds. The van der Waals surface area contributed by atoms with Crippen molar-refractivity contribution < 1.29 is 14.3 Å². The summed E-state index contributed by atoms with van der Waals surface area (Å²) >= 11 is 0. The van der Waals surface area contributed by atoms with Crippen LogP contribution < -0.4 is 11.1 Å². The van der Waals surface area contributed by atoms with Gasteiger partial charge in [-0.25, -0.2) is 4.98 Å². The van der Waals surface area contributed by atoms with Gasteiger partial charge in [0.1, 0.15) is 5.69 Å². The molecular weight excluding hydrogens is 248 g/mol. The lowest BCUT2D eigenvalue weighted by molar-refractivity contribution is -0.143. The average Bonchev–Trinajstić information content (AvgIpc) is 2.84. The van der Waals surface area contributed by atoms with E-state index >= 15 is 0 Å². The van der Waals surface area contributed by atoms with Crippen LogP contribution in [0.1, 0.15) is 30.3 Å². The number of esters is 1. The molecular formula is C12H20N4O3. The first-order valence-corrected chi connectivity index (χ1v) is 6.33. The van der Waals surface area contributed by atoms with E-state index in [0.29, 0.717) is 44.8 Å². The van der Waals surface area contributed by atoms with Gasteiger partial charge in [0.2, 0.25) is 0 Å². The summed E-state index contributed by atoms with van der Waals surface area (Å²) in [6, 6.07) is 0. The summed E-state index contributed by atoms with van der Waals surface area (Å²) < 4.78 is 6.54. The standard InChI is InChI=1S/C12H20N4O3/c1-2-19-11(17)4-3-6-14-12(18)10-8-16(7-5-13)9-15-10/h8-9H,2-7,13H2,1H3,(H,14,18). The fraction of sp³-hybridized carbons (Fsp3) is 0.583. The molecule has 1 rings (SSSR count). The number of aromatic nitrogens is 2. The molecule has 0 fully saturated rings. The van der Waals surface area contributed by atoms with Gasteiger partial charge in [-0.3, -0.25) is 9.59 Å². The molecule has 0 saturated heterocycles. The molecule has 0 spiro atoms. The summed E-state index contributed by atoms with van der Waals surface area (Å²) in [6.45, 7) is 3.68. The number of nitrogens with zero attached hydrogens (tertiary/aromatic N) is 2. The van der Waals surface area contributed by atoms with Gasteiger partial charge in [-0.2, -0.15) is 0 Å². The van der Waals surface area contributed by atoms with Crippen molar-refractivity contribution in [3.63, 3.8) is 0 Å². The number of carbonyl (C=O) groups excluding carboxylic acids is 2. The molecule has 0 bridgehead atoms. The first-order chi connectivity index (χ1) is 9.17. The summed E-state index contributed by atoms with van der Waals surface area (Å²) in [5, 5.41) is 2.70. The van der Waals surface area contributed by atoms with Crippen LogP contribution in [0.5, 0.6) is 0 Å². The van der Waals surface area contributed by atoms with Crippen molar-refractivity contribution in [3.8, 4) is 0 Å². The van der Waals surface area contributed by atoms with Crippen LogP contribution in [0.3, 0.4) is 0 Å². The van der Waals surface area contributed by atoms with Crippen LogP contribution in [0, 0.1) is 0 Å². The highest BCUT2D eigenvalue weighted by atomic mass is 16.5. The average molecular weight is 268 g/mol. The molecule has 0 aliphatic carbocycles. The van der Waals surface area contributed by atoms with Crippen molar-refractivity contribution in [2.24, 2.45) is 5.73 Å². The van der Waals surface area contributed by atoms with E-state index in [9.17, 15) is 9.59 Å². The van der Waals surface area contributed by atoms with E-state index in [2.05, 4.69) is 10.3 Å². The molecule has 0 atom stereocenters. The molecule has 3 N–H and O–H groups in total. The van der Waals surface area contributed by atoms with E-state index in [1.807, 2.05) is 0 Å². The second-order valence-corrected chi connectivity index (χ2v) is 3.95. The van der Waals surface area contributed by atoms with Crippen LogP contribution in [0.2, 0.25) is 0 Å². The van der Waals surface area contributed by atoms with E-state index < -0.39 is 0 Å². The van der Waals surface area contributed by atoms with E-state index in [4.69, 9.17) is 10.5 Å². The topological polar surface area (TPSA) is 99.2 Å². The molecule has 1 aromatic heterocycles. The Bertz CT molecular complexity index is 417. The number of hydrogen-bond donors (Lipinski definition) is 2. The summed E-state index contributed by atoms with van der Waals surface area (Å²) in [6.07, 6.45) is 4.07. The summed E-state index contributed by atoms with van der Waals surface area (Å²) in [5.41, 5.74) is 5.76. The third-order valence-electron chi connectivity index (χ3n) is 2.40. The van der Waals surface area contributed by atoms with Gasteiger partial charge in [0.05, 0.1) is 12.9 Å². The molecule has 1 heterocycles. The largest absolute Gasteiger partial charge is 0.466 e. The van der Waals surface area contributed by atoms with Crippen LogP contribution >= 0.6 is 0 Å². The highest BCUT2D eigenvalue weighted by molar-refractivity contribution is 5.92. The monoisotopic (exact) mass is 268 g/mol. The van der Waals surface area contributed by atoms with Crippen molar-refractivity contribution in [1.29, 1.82) is 0 Å². The highest BCUT2D eigenvalue weighted by Crippen LogP contribution is 1.97. The maximum absolute atomic E-state index is 11.7. The molecule has 0 aliphatic rings. The summed E-state index contributed by atoms with van der Waals surface area (Å²) in [7, 11) is 0. The number of carbonyl (C=O) groups is 2. The van der Waals surface area contributed by atoms with Crippen LogP contribution in [0.4, 0.5) is 0 Å². The van der Waals surface area contributed by atoms with Crippen LogP contribution in [0.25, 0.3) is 0 Å². The zero-order valence-electron chi connectivity index (χ0n) is 11.1. The number of hydrogen-bond acceptors (Lipinski definition) is 5. The van der Waals surface area contributed by atoms with Crippen molar-refractivity contribution in [2.45, 2.75) is 26.3 Å². The predicted octanol–water partition coefficient (Wildman–Crippen LogP) is -0.0851. The minimum Gasteiger partial charge on any atom is -0.466 e. The Morgan fingerprint density at radius 1 is 1.53 bits per heavy atom. The lowest BCUT2D eigenvalue weighted by atomic mass is 10.3. The summed E-state index contributed by atoms with van der Waals surface area (Å²) in [5.74, 6) is -0.497. The Morgan fingerprint density at radius 2 is 2.32 bits per heavy atom. The van der Waals surface area contributed by atoms with Crippen LogP contribution in [-0.4, -0.2) is 41.1 Å². The van der Waals surface area contributed by atoms with E-state index in [-0.39, 0.29) is 11.9 Å². The van der Waals surface area contributed by atoms with Gasteiger partial charge in [-0.15, -0.1) is 0 Å². The molecule has 7 nitrogen and oxygen atoms in total. The molecule has 19 heavy (non-hydrogen) atoms. The smallest absolute Gasteiger partial charge is 0.305 e. The third-order valence-corrected chi connectivity index (χ3v) is 2.40. The molecule has 0 aromatic carbocycles. The fourth-order valence-electron chi connectivity index (χ4n) is 1.51. The van der Waals surface area contributed by atoms with E-state index in [1.54, 1.807) is 24.0 Å². The maximum atomic E-state index is 11.7. The molecule has 7 heteroatoms. The number of ether oxygens (including phenoxy) is 1. The van der Waals surface area contributed by atoms with Crippen LogP contribution in [-0.2, 0) is 16.1 Å². The second-order valence-electron chi connectivity index (χ2n) is 3.95. The zero-order chi connectivity index (χ0) is 14.1. The van der Waals surface area contributed by atoms with Gasteiger partial charge in [0, 0.05) is 32.3 Å². The van der Waals surface area contributed by atoms with Gasteiger partial charge in [-0.05, 0) is 13.3 Å². The number of imidazole rings is 1. The molecule has 0 radical (unpaired) electrons. The lowest BCUT2D eigenvalue weighted by Gasteiger charge is -2.03. The Hall–Kier alpha value is -1.89. The van der Waals surface area contributed by atoms with Crippen molar-refractivity contribution in [2.75, 3.05) is 19.7 Å². The Labute approximate surface area is 112 Å². The van der Waals surface area contributed by atoms with E-state index in [0.717, 1.165) is 0 Å². The minimum absolute atomic E-state index is 0.246. The fourth-order valence-corrected chi connectivity index (χ4v) is 1.51. The minimum atomic E-state index is -0.250.